The molecule has 3 heterocycles. The molecule has 0 fully saturated rings. The van der Waals surface area contributed by atoms with Crippen LogP contribution in [0, 0.1) is 6.92 Å². The van der Waals surface area contributed by atoms with Crippen molar-refractivity contribution in [1.82, 2.24) is 24.3 Å². The molecule has 4 rings (SSSR count). The Morgan fingerprint density at radius 3 is 2.93 bits per heavy atom. The van der Waals surface area contributed by atoms with Crippen LogP contribution in [0.1, 0.15) is 11.4 Å². The Morgan fingerprint density at radius 1 is 1.25 bits per heavy atom. The molecule has 0 aliphatic rings. The molecule has 28 heavy (non-hydrogen) atoms. The van der Waals surface area contributed by atoms with Crippen molar-refractivity contribution in [2.24, 2.45) is 0 Å². The van der Waals surface area contributed by atoms with Crippen LogP contribution in [-0.4, -0.2) is 31.4 Å². The van der Waals surface area contributed by atoms with Crippen LogP contribution in [0.2, 0.25) is 0 Å². The number of nitrogens with zero attached hydrogens (tertiary/aromatic N) is 4. The van der Waals surface area contributed by atoms with Gasteiger partial charge in [-0.3, -0.25) is 23.4 Å². The Bertz CT molecular complexity index is 1300. The summed E-state index contributed by atoms with van der Waals surface area (Å²) >= 11 is 1.39. The summed E-state index contributed by atoms with van der Waals surface area (Å²) in [5.74, 6) is -0.292. The molecular weight excluding hydrogens is 378 g/mol. The maximum atomic E-state index is 12.4. The fourth-order valence-corrected chi connectivity index (χ4v) is 3.99. The van der Waals surface area contributed by atoms with Gasteiger partial charge < -0.3 is 5.32 Å². The third-order valence-electron chi connectivity index (χ3n) is 4.35. The standard InChI is InChI=1S/C19H17N5O3S/c1-12-8-17(26)24-13(10-28-19(24)22-12)6-7-20-16(25)9-23-11-21-15-5-3-2-4-14(15)18(23)27/h2-5,8,10-11H,6-7,9H2,1H3,(H,20,25). The number of amides is 1. The maximum absolute atomic E-state index is 12.4. The lowest BCUT2D eigenvalue weighted by Gasteiger charge is -2.08. The second-order valence-corrected chi connectivity index (χ2v) is 7.21. The first kappa shape index (κ1) is 18.1. The molecule has 0 radical (unpaired) electrons. The molecule has 0 unspecified atom stereocenters. The van der Waals surface area contributed by atoms with Crippen molar-refractivity contribution in [3.8, 4) is 0 Å². The van der Waals surface area contributed by atoms with Crippen molar-refractivity contribution in [3.05, 3.63) is 74.1 Å². The molecule has 9 heteroatoms. The van der Waals surface area contributed by atoms with Gasteiger partial charge in [0.25, 0.3) is 11.1 Å². The van der Waals surface area contributed by atoms with Gasteiger partial charge in [0.05, 0.1) is 17.2 Å². The van der Waals surface area contributed by atoms with E-state index < -0.39 is 0 Å². The Balaban J connectivity index is 1.43. The van der Waals surface area contributed by atoms with E-state index in [0.717, 1.165) is 5.69 Å². The van der Waals surface area contributed by atoms with Crippen LogP contribution in [0.4, 0.5) is 0 Å². The van der Waals surface area contributed by atoms with E-state index in [0.29, 0.717) is 34.5 Å². The molecule has 0 aliphatic heterocycles. The highest BCUT2D eigenvalue weighted by Gasteiger charge is 2.10. The molecule has 0 aliphatic carbocycles. The van der Waals surface area contributed by atoms with Crippen molar-refractivity contribution >= 4 is 33.1 Å². The monoisotopic (exact) mass is 395 g/mol. The summed E-state index contributed by atoms with van der Waals surface area (Å²) in [6.45, 7) is 2.02. The Kier molecular flexibility index (Phi) is 4.74. The molecular formula is C19H17N5O3S. The van der Waals surface area contributed by atoms with Crippen LogP contribution in [0.15, 0.2) is 51.6 Å². The van der Waals surface area contributed by atoms with E-state index in [-0.39, 0.29) is 23.6 Å². The van der Waals surface area contributed by atoms with Gasteiger partial charge in [-0.1, -0.05) is 12.1 Å². The van der Waals surface area contributed by atoms with Gasteiger partial charge in [0.15, 0.2) is 4.96 Å². The quantitative estimate of drug-likeness (QED) is 0.546. The molecule has 0 saturated heterocycles. The highest BCUT2D eigenvalue weighted by atomic mass is 32.1. The van der Waals surface area contributed by atoms with E-state index in [9.17, 15) is 14.4 Å². The van der Waals surface area contributed by atoms with Crippen LogP contribution in [-0.2, 0) is 17.8 Å². The van der Waals surface area contributed by atoms with Gasteiger partial charge >= 0.3 is 0 Å². The van der Waals surface area contributed by atoms with E-state index in [4.69, 9.17) is 0 Å². The average molecular weight is 395 g/mol. The number of carbonyl (C=O) groups is 1. The minimum absolute atomic E-state index is 0.109. The number of aryl methyl sites for hydroxylation is 1. The number of hydrogen-bond acceptors (Lipinski definition) is 6. The molecule has 0 atom stereocenters. The lowest BCUT2D eigenvalue weighted by molar-refractivity contribution is -0.121. The Morgan fingerprint density at radius 2 is 2.07 bits per heavy atom. The Hall–Kier alpha value is -3.33. The van der Waals surface area contributed by atoms with E-state index in [2.05, 4.69) is 15.3 Å². The molecule has 4 aromatic rings. The zero-order valence-electron chi connectivity index (χ0n) is 15.1. The second kappa shape index (κ2) is 7.35. The minimum atomic E-state index is -0.292. The molecule has 1 amide bonds. The van der Waals surface area contributed by atoms with Crippen LogP contribution in [0.3, 0.4) is 0 Å². The van der Waals surface area contributed by atoms with Gasteiger partial charge in [0, 0.05) is 35.8 Å². The number of para-hydroxylation sites is 1. The smallest absolute Gasteiger partial charge is 0.261 e. The summed E-state index contributed by atoms with van der Waals surface area (Å²) in [6, 6.07) is 8.50. The van der Waals surface area contributed by atoms with E-state index >= 15 is 0 Å². The molecule has 1 aromatic carbocycles. The van der Waals surface area contributed by atoms with Crippen molar-refractivity contribution in [2.75, 3.05) is 6.54 Å². The normalized spacial score (nSPS) is 11.2. The van der Waals surface area contributed by atoms with Crippen molar-refractivity contribution in [2.45, 2.75) is 19.9 Å². The molecule has 0 bridgehead atoms. The molecule has 0 saturated carbocycles. The Labute approximate surface area is 163 Å². The van der Waals surface area contributed by atoms with Gasteiger partial charge in [-0.25, -0.2) is 9.97 Å². The number of nitrogens with one attached hydrogen (secondary N) is 1. The fourth-order valence-electron chi connectivity index (χ4n) is 3.02. The number of hydrogen-bond donors (Lipinski definition) is 1. The third-order valence-corrected chi connectivity index (χ3v) is 5.23. The van der Waals surface area contributed by atoms with Crippen LogP contribution in [0.5, 0.6) is 0 Å². The SMILES string of the molecule is Cc1cc(=O)n2c(CCNC(=O)Cn3cnc4ccccc4c3=O)csc2n1. The predicted molar refractivity (Wildman–Crippen MR) is 107 cm³/mol. The number of benzene rings is 1. The molecule has 142 valence electrons. The molecule has 8 nitrogen and oxygen atoms in total. The van der Waals surface area contributed by atoms with Crippen LogP contribution < -0.4 is 16.4 Å². The predicted octanol–water partition coefficient (Wildman–Crippen LogP) is 1.13. The highest BCUT2D eigenvalue weighted by Crippen LogP contribution is 2.12. The second-order valence-electron chi connectivity index (χ2n) is 6.38. The fraction of sp³-hybridized carbons (Fsp3) is 0.211. The summed E-state index contributed by atoms with van der Waals surface area (Å²) in [4.78, 5) is 46.0. The van der Waals surface area contributed by atoms with Crippen LogP contribution in [0.25, 0.3) is 15.9 Å². The first-order valence-electron chi connectivity index (χ1n) is 8.70. The maximum Gasteiger partial charge on any atom is 0.261 e. The summed E-state index contributed by atoms with van der Waals surface area (Å²) in [5.41, 5.74) is 1.70. The van der Waals surface area contributed by atoms with Gasteiger partial charge in [0.1, 0.15) is 6.54 Å². The lowest BCUT2D eigenvalue weighted by Crippen LogP contribution is -2.33. The molecule has 1 N–H and O–H groups in total. The summed E-state index contributed by atoms with van der Waals surface area (Å²) in [7, 11) is 0. The summed E-state index contributed by atoms with van der Waals surface area (Å²) < 4.78 is 2.84. The van der Waals surface area contributed by atoms with Gasteiger partial charge in [-0.2, -0.15) is 0 Å². The average Bonchev–Trinajstić information content (AvgIpc) is 3.07. The minimum Gasteiger partial charge on any atom is -0.354 e. The highest BCUT2D eigenvalue weighted by molar-refractivity contribution is 7.15. The summed E-state index contributed by atoms with van der Waals surface area (Å²) in [6.07, 6.45) is 1.87. The number of thiazole rings is 1. The van der Waals surface area contributed by atoms with Gasteiger partial charge in [-0.15, -0.1) is 11.3 Å². The third kappa shape index (κ3) is 3.44. The van der Waals surface area contributed by atoms with Gasteiger partial charge in [-0.05, 0) is 19.1 Å². The number of carbonyl (C=O) groups excluding carboxylic acids is 1. The molecule has 3 aromatic heterocycles. The first-order chi connectivity index (χ1) is 13.5. The van der Waals surface area contributed by atoms with E-state index in [1.165, 1.54) is 28.3 Å². The largest absolute Gasteiger partial charge is 0.354 e. The number of rotatable bonds is 5. The number of aromatic nitrogens is 4. The number of fused-ring (bicyclic) bond motifs is 2. The van der Waals surface area contributed by atoms with Crippen molar-refractivity contribution in [1.29, 1.82) is 0 Å². The first-order valence-corrected chi connectivity index (χ1v) is 9.58. The van der Waals surface area contributed by atoms with Crippen molar-refractivity contribution in [3.63, 3.8) is 0 Å². The van der Waals surface area contributed by atoms with Crippen LogP contribution >= 0.6 is 11.3 Å². The van der Waals surface area contributed by atoms with Crippen molar-refractivity contribution < 1.29 is 4.79 Å². The lowest BCUT2D eigenvalue weighted by atomic mass is 10.2. The molecule has 0 spiro atoms. The van der Waals surface area contributed by atoms with E-state index in [1.54, 1.807) is 29.5 Å². The van der Waals surface area contributed by atoms with E-state index in [1.807, 2.05) is 11.4 Å². The topological polar surface area (TPSA) is 98.4 Å². The zero-order valence-corrected chi connectivity index (χ0v) is 15.9. The van der Waals surface area contributed by atoms with Gasteiger partial charge in [0.2, 0.25) is 5.91 Å². The zero-order chi connectivity index (χ0) is 19.7. The summed E-state index contributed by atoms with van der Waals surface area (Å²) in [5, 5.41) is 5.13.